The SMILES string of the molecule is O=[N+]([O-])c1c(Nc2cc(Cl)cc(Cl)c2)ncnc1Oc1ccccc1. The number of nitrogens with zero attached hydrogens (tertiary/aromatic N) is 3. The van der Waals surface area contributed by atoms with Gasteiger partial charge in [0.15, 0.2) is 0 Å². The monoisotopic (exact) mass is 376 g/mol. The first-order chi connectivity index (χ1) is 12.0. The molecule has 25 heavy (non-hydrogen) atoms. The quantitative estimate of drug-likeness (QED) is 0.484. The van der Waals surface area contributed by atoms with Crippen LogP contribution in [-0.2, 0) is 0 Å². The third-order valence-electron chi connectivity index (χ3n) is 3.05. The fraction of sp³-hybridized carbons (Fsp3) is 0. The summed E-state index contributed by atoms with van der Waals surface area (Å²) in [6.07, 6.45) is 1.17. The first-order valence-corrected chi connectivity index (χ1v) is 7.74. The van der Waals surface area contributed by atoms with E-state index in [0.29, 0.717) is 21.5 Å². The van der Waals surface area contributed by atoms with E-state index < -0.39 is 10.6 Å². The molecule has 7 nitrogen and oxygen atoms in total. The van der Waals surface area contributed by atoms with Crippen LogP contribution in [0.4, 0.5) is 17.2 Å². The lowest BCUT2D eigenvalue weighted by Crippen LogP contribution is -2.03. The van der Waals surface area contributed by atoms with Gasteiger partial charge in [-0.05, 0) is 30.3 Å². The van der Waals surface area contributed by atoms with Crippen LogP contribution < -0.4 is 10.1 Å². The maximum Gasteiger partial charge on any atom is 0.373 e. The summed E-state index contributed by atoms with van der Waals surface area (Å²) in [5.41, 5.74) is 0.0485. The molecule has 0 fully saturated rings. The molecule has 0 spiro atoms. The zero-order valence-electron chi connectivity index (χ0n) is 12.5. The normalized spacial score (nSPS) is 10.3. The van der Waals surface area contributed by atoms with Crippen LogP contribution >= 0.6 is 23.2 Å². The van der Waals surface area contributed by atoms with E-state index >= 15 is 0 Å². The van der Waals surface area contributed by atoms with Crippen molar-refractivity contribution in [2.45, 2.75) is 0 Å². The zero-order valence-corrected chi connectivity index (χ0v) is 14.0. The van der Waals surface area contributed by atoms with Gasteiger partial charge in [-0.1, -0.05) is 41.4 Å². The van der Waals surface area contributed by atoms with Gasteiger partial charge in [0.05, 0.1) is 4.92 Å². The highest BCUT2D eigenvalue weighted by molar-refractivity contribution is 6.35. The van der Waals surface area contributed by atoms with Crippen LogP contribution in [0.1, 0.15) is 0 Å². The first kappa shape index (κ1) is 16.9. The molecule has 1 N–H and O–H groups in total. The number of rotatable bonds is 5. The topological polar surface area (TPSA) is 90.2 Å². The number of hydrogen-bond donors (Lipinski definition) is 1. The van der Waals surface area contributed by atoms with Gasteiger partial charge < -0.3 is 10.1 Å². The summed E-state index contributed by atoms with van der Waals surface area (Å²) in [7, 11) is 0. The van der Waals surface area contributed by atoms with Crippen molar-refractivity contribution in [3.8, 4) is 11.6 Å². The van der Waals surface area contributed by atoms with E-state index in [0.717, 1.165) is 0 Å². The summed E-state index contributed by atoms with van der Waals surface area (Å²) in [6.45, 7) is 0. The van der Waals surface area contributed by atoms with E-state index in [1.165, 1.54) is 6.33 Å². The Morgan fingerprint density at radius 1 is 1.04 bits per heavy atom. The van der Waals surface area contributed by atoms with Gasteiger partial charge in [-0.25, -0.2) is 4.98 Å². The number of nitrogens with one attached hydrogen (secondary N) is 1. The van der Waals surface area contributed by atoms with Gasteiger partial charge in [0.25, 0.3) is 0 Å². The Morgan fingerprint density at radius 3 is 2.36 bits per heavy atom. The third-order valence-corrected chi connectivity index (χ3v) is 3.49. The highest BCUT2D eigenvalue weighted by Crippen LogP contribution is 2.36. The van der Waals surface area contributed by atoms with Gasteiger partial charge in [-0.15, -0.1) is 0 Å². The van der Waals surface area contributed by atoms with Crippen LogP contribution in [0.3, 0.4) is 0 Å². The van der Waals surface area contributed by atoms with Crippen molar-refractivity contribution < 1.29 is 9.66 Å². The molecule has 9 heteroatoms. The van der Waals surface area contributed by atoms with Crippen LogP contribution in [0.25, 0.3) is 0 Å². The van der Waals surface area contributed by atoms with Gasteiger partial charge >= 0.3 is 11.6 Å². The summed E-state index contributed by atoms with van der Waals surface area (Å²) >= 11 is 11.9. The molecule has 2 aromatic carbocycles. The Labute approximate surface area is 152 Å². The predicted octanol–water partition coefficient (Wildman–Crippen LogP) is 5.23. The lowest BCUT2D eigenvalue weighted by Gasteiger charge is -2.10. The maximum absolute atomic E-state index is 11.5. The van der Waals surface area contributed by atoms with Gasteiger partial charge in [0.1, 0.15) is 12.1 Å². The Hall–Kier alpha value is -2.90. The van der Waals surface area contributed by atoms with Crippen molar-refractivity contribution >= 4 is 40.4 Å². The Kier molecular flexibility index (Phi) is 4.97. The van der Waals surface area contributed by atoms with Gasteiger partial charge in [-0.3, -0.25) is 10.1 Å². The summed E-state index contributed by atoms with van der Waals surface area (Å²) in [4.78, 5) is 18.7. The first-order valence-electron chi connectivity index (χ1n) is 6.98. The molecule has 0 bridgehead atoms. The number of nitro groups is 1. The molecule has 3 rings (SSSR count). The van der Waals surface area contributed by atoms with Crippen LogP contribution in [-0.4, -0.2) is 14.9 Å². The molecule has 0 saturated carbocycles. The van der Waals surface area contributed by atoms with Gasteiger partial charge in [-0.2, -0.15) is 4.98 Å². The van der Waals surface area contributed by atoms with E-state index in [1.54, 1.807) is 48.5 Å². The molecule has 0 atom stereocenters. The molecule has 0 unspecified atom stereocenters. The predicted molar refractivity (Wildman–Crippen MR) is 94.9 cm³/mol. The van der Waals surface area contributed by atoms with Crippen LogP contribution in [0.5, 0.6) is 11.6 Å². The summed E-state index contributed by atoms with van der Waals surface area (Å²) in [5.74, 6) is 0.201. The summed E-state index contributed by atoms with van der Waals surface area (Å²) in [5, 5.41) is 15.1. The molecule has 126 valence electrons. The second-order valence-electron chi connectivity index (χ2n) is 4.83. The van der Waals surface area contributed by atoms with E-state index in [-0.39, 0.29) is 11.7 Å². The molecule has 0 aliphatic rings. The van der Waals surface area contributed by atoms with Crippen molar-refractivity contribution in [1.29, 1.82) is 0 Å². The van der Waals surface area contributed by atoms with Crippen molar-refractivity contribution in [3.05, 3.63) is 75.0 Å². The van der Waals surface area contributed by atoms with Gasteiger partial charge in [0.2, 0.25) is 5.82 Å². The number of anilines is 2. The fourth-order valence-electron chi connectivity index (χ4n) is 2.06. The molecule has 0 saturated heterocycles. The minimum Gasteiger partial charge on any atom is -0.434 e. The van der Waals surface area contributed by atoms with E-state index in [9.17, 15) is 10.1 Å². The van der Waals surface area contributed by atoms with E-state index in [1.807, 2.05) is 0 Å². The molecule has 1 heterocycles. The molecule has 0 radical (unpaired) electrons. The molecule has 1 aromatic heterocycles. The maximum atomic E-state index is 11.5. The summed E-state index contributed by atoms with van der Waals surface area (Å²) in [6, 6.07) is 13.3. The lowest BCUT2D eigenvalue weighted by molar-refractivity contribution is -0.385. The van der Waals surface area contributed by atoms with Crippen LogP contribution in [0.15, 0.2) is 54.9 Å². The number of hydrogen-bond acceptors (Lipinski definition) is 6. The molecular weight excluding hydrogens is 367 g/mol. The number of benzene rings is 2. The highest BCUT2D eigenvalue weighted by Gasteiger charge is 2.25. The second kappa shape index (κ2) is 7.33. The number of aromatic nitrogens is 2. The number of para-hydroxylation sites is 1. The van der Waals surface area contributed by atoms with Crippen molar-refractivity contribution in [3.63, 3.8) is 0 Å². The Bertz CT molecular complexity index is 902. The van der Waals surface area contributed by atoms with Crippen LogP contribution in [0.2, 0.25) is 10.0 Å². The number of halogens is 2. The molecule has 0 amide bonds. The number of ether oxygens (including phenoxy) is 1. The average molecular weight is 377 g/mol. The smallest absolute Gasteiger partial charge is 0.373 e. The Balaban J connectivity index is 1.99. The highest BCUT2D eigenvalue weighted by atomic mass is 35.5. The standard InChI is InChI=1S/C16H10Cl2N4O3/c17-10-6-11(18)8-12(7-10)21-15-14(22(23)24)16(20-9-19-15)25-13-4-2-1-3-5-13/h1-9H,(H,19,20,21). The zero-order chi connectivity index (χ0) is 17.8. The third kappa shape index (κ3) is 4.14. The van der Waals surface area contributed by atoms with Crippen molar-refractivity contribution in [2.24, 2.45) is 0 Å². The molecule has 3 aromatic rings. The summed E-state index contributed by atoms with van der Waals surface area (Å²) < 4.78 is 5.51. The van der Waals surface area contributed by atoms with E-state index in [2.05, 4.69) is 15.3 Å². The molecule has 0 aliphatic carbocycles. The lowest BCUT2D eigenvalue weighted by atomic mass is 10.3. The minimum atomic E-state index is -0.618. The van der Waals surface area contributed by atoms with Gasteiger partial charge in [0, 0.05) is 15.7 Å². The van der Waals surface area contributed by atoms with Crippen molar-refractivity contribution in [1.82, 2.24) is 9.97 Å². The molecular formula is C16H10Cl2N4O3. The Morgan fingerprint density at radius 2 is 1.72 bits per heavy atom. The van der Waals surface area contributed by atoms with Crippen LogP contribution in [0, 0.1) is 10.1 Å². The van der Waals surface area contributed by atoms with E-state index in [4.69, 9.17) is 27.9 Å². The minimum absolute atomic E-state index is 0.0377. The fourth-order valence-corrected chi connectivity index (χ4v) is 2.58. The molecule has 0 aliphatic heterocycles. The largest absolute Gasteiger partial charge is 0.434 e. The average Bonchev–Trinajstić information content (AvgIpc) is 2.54. The second-order valence-corrected chi connectivity index (χ2v) is 5.70. The van der Waals surface area contributed by atoms with Crippen molar-refractivity contribution in [2.75, 3.05) is 5.32 Å².